The molecule has 3 rings (SSSR count). The van der Waals surface area contributed by atoms with Crippen LogP contribution in [0.3, 0.4) is 0 Å². The van der Waals surface area contributed by atoms with E-state index in [1.54, 1.807) is 6.33 Å². The molecule has 23 heavy (non-hydrogen) atoms. The number of aliphatic hydroxyl groups is 1. The first-order chi connectivity index (χ1) is 11.3. The Bertz CT molecular complexity index is 619. The van der Waals surface area contributed by atoms with Gasteiger partial charge in [0, 0.05) is 26.2 Å². The van der Waals surface area contributed by atoms with Crippen LogP contribution in [0.4, 0.5) is 11.6 Å². The van der Waals surface area contributed by atoms with Crippen LogP contribution in [0.15, 0.2) is 42.7 Å². The van der Waals surface area contributed by atoms with Gasteiger partial charge in [-0.15, -0.1) is 0 Å². The van der Waals surface area contributed by atoms with Crippen LogP contribution in [0.5, 0.6) is 0 Å². The van der Waals surface area contributed by atoms with Gasteiger partial charge in [0.15, 0.2) is 0 Å². The standard InChI is InChI=1S/C18H24N4O/c1-21(11-9-15-6-3-2-4-7-15)17-12-18(20-14-19-17)22-10-5-8-16(22)13-23/h2-4,6-7,12,14,16,23H,5,8-11,13H2,1H3/t16-/m0/s1. The van der Waals surface area contributed by atoms with Gasteiger partial charge in [-0.1, -0.05) is 30.3 Å². The normalized spacial score (nSPS) is 17.5. The van der Waals surface area contributed by atoms with Gasteiger partial charge in [-0.2, -0.15) is 0 Å². The summed E-state index contributed by atoms with van der Waals surface area (Å²) in [5.74, 6) is 1.84. The zero-order valence-electron chi connectivity index (χ0n) is 13.6. The Morgan fingerprint density at radius 2 is 2.09 bits per heavy atom. The molecular formula is C18H24N4O. The van der Waals surface area contributed by atoms with Crippen LogP contribution < -0.4 is 9.80 Å². The minimum atomic E-state index is 0.184. The Morgan fingerprint density at radius 3 is 2.87 bits per heavy atom. The number of aliphatic hydroxyl groups excluding tert-OH is 1. The van der Waals surface area contributed by atoms with Crippen molar-refractivity contribution in [1.82, 2.24) is 9.97 Å². The van der Waals surface area contributed by atoms with E-state index in [4.69, 9.17) is 0 Å². The van der Waals surface area contributed by atoms with Gasteiger partial charge in [0.2, 0.25) is 0 Å². The third kappa shape index (κ3) is 3.79. The van der Waals surface area contributed by atoms with Gasteiger partial charge < -0.3 is 14.9 Å². The fourth-order valence-electron chi connectivity index (χ4n) is 3.09. The lowest BCUT2D eigenvalue weighted by atomic mass is 10.1. The molecule has 0 amide bonds. The molecule has 2 heterocycles. The van der Waals surface area contributed by atoms with E-state index >= 15 is 0 Å². The molecule has 0 radical (unpaired) electrons. The number of rotatable bonds is 6. The summed E-state index contributed by atoms with van der Waals surface area (Å²) in [4.78, 5) is 13.1. The molecular weight excluding hydrogens is 288 g/mol. The summed E-state index contributed by atoms with van der Waals surface area (Å²) < 4.78 is 0. The first-order valence-electron chi connectivity index (χ1n) is 8.22. The van der Waals surface area contributed by atoms with E-state index < -0.39 is 0 Å². The van der Waals surface area contributed by atoms with Gasteiger partial charge in [-0.05, 0) is 24.8 Å². The van der Waals surface area contributed by atoms with E-state index in [-0.39, 0.29) is 12.6 Å². The highest BCUT2D eigenvalue weighted by molar-refractivity contribution is 5.51. The summed E-state index contributed by atoms with van der Waals surface area (Å²) in [6.45, 7) is 2.04. The fourth-order valence-corrected chi connectivity index (χ4v) is 3.09. The second-order valence-electron chi connectivity index (χ2n) is 6.06. The maximum atomic E-state index is 9.49. The average Bonchev–Trinajstić information content (AvgIpc) is 3.09. The third-order valence-electron chi connectivity index (χ3n) is 4.49. The molecule has 5 heteroatoms. The van der Waals surface area contributed by atoms with E-state index in [1.165, 1.54) is 5.56 Å². The molecule has 1 aromatic heterocycles. The summed E-state index contributed by atoms with van der Waals surface area (Å²) in [5.41, 5.74) is 1.33. The molecule has 1 N–H and O–H groups in total. The van der Waals surface area contributed by atoms with E-state index in [2.05, 4.69) is 51.1 Å². The Kier molecular flexibility index (Phi) is 5.08. The van der Waals surface area contributed by atoms with Crippen LogP contribution in [-0.2, 0) is 6.42 Å². The molecule has 0 bridgehead atoms. The first-order valence-corrected chi connectivity index (χ1v) is 8.22. The van der Waals surface area contributed by atoms with Crippen LogP contribution in [-0.4, -0.2) is 47.9 Å². The Labute approximate surface area is 137 Å². The zero-order chi connectivity index (χ0) is 16.1. The molecule has 0 aliphatic carbocycles. The minimum Gasteiger partial charge on any atom is -0.394 e. The van der Waals surface area contributed by atoms with Crippen molar-refractivity contribution in [2.75, 3.05) is 36.5 Å². The third-order valence-corrected chi connectivity index (χ3v) is 4.49. The molecule has 1 atom stereocenters. The number of nitrogens with zero attached hydrogens (tertiary/aromatic N) is 4. The molecule has 0 spiro atoms. The molecule has 2 aromatic rings. The minimum absolute atomic E-state index is 0.184. The van der Waals surface area contributed by atoms with E-state index in [9.17, 15) is 5.11 Å². The number of hydrogen-bond donors (Lipinski definition) is 1. The number of likely N-dealkylation sites (N-methyl/N-ethyl adjacent to an activating group) is 1. The maximum absolute atomic E-state index is 9.49. The van der Waals surface area contributed by atoms with Gasteiger partial charge in [-0.25, -0.2) is 9.97 Å². The van der Waals surface area contributed by atoms with Crippen LogP contribution >= 0.6 is 0 Å². The highest BCUT2D eigenvalue weighted by atomic mass is 16.3. The predicted octanol–water partition coefficient (Wildman–Crippen LogP) is 2.12. The Morgan fingerprint density at radius 1 is 1.26 bits per heavy atom. The molecule has 5 nitrogen and oxygen atoms in total. The van der Waals surface area contributed by atoms with Gasteiger partial charge in [0.05, 0.1) is 12.6 Å². The summed E-state index contributed by atoms with van der Waals surface area (Å²) >= 11 is 0. The van der Waals surface area contributed by atoms with Crippen LogP contribution in [0.2, 0.25) is 0 Å². The van der Waals surface area contributed by atoms with Crippen molar-refractivity contribution in [3.63, 3.8) is 0 Å². The fraction of sp³-hybridized carbons (Fsp3) is 0.444. The van der Waals surface area contributed by atoms with E-state index in [1.807, 2.05) is 12.1 Å². The summed E-state index contributed by atoms with van der Waals surface area (Å²) in [7, 11) is 2.06. The molecule has 0 saturated carbocycles. The smallest absolute Gasteiger partial charge is 0.134 e. The molecule has 1 aliphatic heterocycles. The van der Waals surface area contributed by atoms with E-state index in [0.29, 0.717) is 0 Å². The number of benzene rings is 1. The molecule has 1 aliphatic rings. The van der Waals surface area contributed by atoms with Crippen LogP contribution in [0.1, 0.15) is 18.4 Å². The van der Waals surface area contributed by atoms with Gasteiger partial charge in [-0.3, -0.25) is 0 Å². The predicted molar refractivity (Wildman–Crippen MR) is 92.9 cm³/mol. The molecule has 1 fully saturated rings. The largest absolute Gasteiger partial charge is 0.394 e. The number of hydrogen-bond acceptors (Lipinski definition) is 5. The molecule has 0 unspecified atom stereocenters. The lowest BCUT2D eigenvalue weighted by Crippen LogP contribution is -2.33. The summed E-state index contributed by atoms with van der Waals surface area (Å²) in [6, 6.07) is 12.7. The van der Waals surface area contributed by atoms with Crippen molar-refractivity contribution in [1.29, 1.82) is 0 Å². The Hall–Kier alpha value is -2.14. The van der Waals surface area contributed by atoms with E-state index in [0.717, 1.165) is 44.0 Å². The number of anilines is 2. The van der Waals surface area contributed by atoms with Gasteiger partial charge in [0.1, 0.15) is 18.0 Å². The van der Waals surface area contributed by atoms with Crippen molar-refractivity contribution >= 4 is 11.6 Å². The highest BCUT2D eigenvalue weighted by Crippen LogP contribution is 2.25. The molecule has 1 aromatic carbocycles. The quantitative estimate of drug-likeness (QED) is 0.885. The molecule has 122 valence electrons. The summed E-state index contributed by atoms with van der Waals surface area (Å²) in [6.07, 6.45) is 4.74. The van der Waals surface area contributed by atoms with Gasteiger partial charge in [0.25, 0.3) is 0 Å². The first kappa shape index (κ1) is 15.7. The van der Waals surface area contributed by atoms with Crippen molar-refractivity contribution in [3.8, 4) is 0 Å². The monoisotopic (exact) mass is 312 g/mol. The topological polar surface area (TPSA) is 52.5 Å². The zero-order valence-corrected chi connectivity index (χ0v) is 13.6. The molecule has 1 saturated heterocycles. The maximum Gasteiger partial charge on any atom is 0.134 e. The second kappa shape index (κ2) is 7.42. The van der Waals surface area contributed by atoms with Crippen molar-refractivity contribution in [3.05, 3.63) is 48.3 Å². The van der Waals surface area contributed by atoms with Crippen molar-refractivity contribution in [2.45, 2.75) is 25.3 Å². The Balaban J connectivity index is 1.66. The van der Waals surface area contributed by atoms with Crippen LogP contribution in [0.25, 0.3) is 0 Å². The number of aromatic nitrogens is 2. The van der Waals surface area contributed by atoms with Crippen molar-refractivity contribution in [2.24, 2.45) is 0 Å². The summed E-state index contributed by atoms with van der Waals surface area (Å²) in [5, 5.41) is 9.49. The van der Waals surface area contributed by atoms with Crippen molar-refractivity contribution < 1.29 is 5.11 Å². The van der Waals surface area contributed by atoms with Crippen LogP contribution in [0, 0.1) is 0 Å². The average molecular weight is 312 g/mol. The second-order valence-corrected chi connectivity index (χ2v) is 6.06. The highest BCUT2D eigenvalue weighted by Gasteiger charge is 2.25. The lowest BCUT2D eigenvalue weighted by molar-refractivity contribution is 0.266. The van der Waals surface area contributed by atoms with Gasteiger partial charge >= 0.3 is 0 Å². The SMILES string of the molecule is CN(CCc1ccccc1)c1cc(N2CCC[C@H]2CO)ncn1. The lowest BCUT2D eigenvalue weighted by Gasteiger charge is -2.25.